The van der Waals surface area contributed by atoms with Crippen LogP contribution in [-0.2, 0) is 9.84 Å². The van der Waals surface area contributed by atoms with Gasteiger partial charge in [-0.3, -0.25) is 0 Å². The van der Waals surface area contributed by atoms with Gasteiger partial charge in [0.2, 0.25) is 0 Å². The molecule has 15 heavy (non-hydrogen) atoms. The van der Waals surface area contributed by atoms with Gasteiger partial charge in [-0.2, -0.15) is 0 Å². The summed E-state index contributed by atoms with van der Waals surface area (Å²) in [4.78, 5) is 0. The van der Waals surface area contributed by atoms with Crippen LogP contribution >= 0.6 is 0 Å². The van der Waals surface area contributed by atoms with E-state index in [1.807, 2.05) is 6.92 Å². The third-order valence-corrected chi connectivity index (χ3v) is 5.44. The molecule has 0 aliphatic heterocycles. The lowest BCUT2D eigenvalue weighted by atomic mass is 10.0. The minimum absolute atomic E-state index is 0.0344. The molecular weight excluding hydrogens is 210 g/mol. The van der Waals surface area contributed by atoms with Crippen molar-refractivity contribution in [1.82, 2.24) is 5.32 Å². The number of hydrogen-bond acceptors (Lipinski definition) is 3. The maximum Gasteiger partial charge on any atom is 0.153 e. The van der Waals surface area contributed by atoms with Crippen molar-refractivity contribution in [2.24, 2.45) is 0 Å². The second-order valence-electron chi connectivity index (χ2n) is 4.33. The van der Waals surface area contributed by atoms with Crippen LogP contribution < -0.4 is 5.32 Å². The fourth-order valence-corrected chi connectivity index (χ4v) is 4.10. The van der Waals surface area contributed by atoms with Crippen LogP contribution in [0.4, 0.5) is 0 Å². The molecule has 1 aliphatic carbocycles. The van der Waals surface area contributed by atoms with Crippen molar-refractivity contribution in [2.45, 2.75) is 50.7 Å². The van der Waals surface area contributed by atoms with Gasteiger partial charge in [0.05, 0.1) is 11.0 Å². The lowest BCUT2D eigenvalue weighted by Crippen LogP contribution is -2.28. The highest BCUT2D eigenvalue weighted by molar-refractivity contribution is 7.92. The Hall–Kier alpha value is -0.0900. The molecule has 0 aromatic carbocycles. The van der Waals surface area contributed by atoms with Crippen molar-refractivity contribution in [3.63, 3.8) is 0 Å². The Morgan fingerprint density at radius 3 is 2.47 bits per heavy atom. The first-order chi connectivity index (χ1) is 7.17. The van der Waals surface area contributed by atoms with E-state index in [0.717, 1.165) is 45.2 Å². The van der Waals surface area contributed by atoms with Gasteiger partial charge in [0, 0.05) is 0 Å². The van der Waals surface area contributed by atoms with E-state index in [1.165, 1.54) is 6.42 Å². The highest BCUT2D eigenvalue weighted by Gasteiger charge is 2.26. The van der Waals surface area contributed by atoms with E-state index >= 15 is 0 Å². The Morgan fingerprint density at radius 2 is 1.87 bits per heavy atom. The summed E-state index contributed by atoms with van der Waals surface area (Å²) in [6, 6.07) is 0. The van der Waals surface area contributed by atoms with E-state index < -0.39 is 9.84 Å². The molecule has 4 heteroatoms. The summed E-state index contributed by atoms with van der Waals surface area (Å²) in [6.45, 7) is 3.78. The zero-order chi connectivity index (χ0) is 11.1. The molecule has 1 saturated carbocycles. The molecule has 0 saturated heterocycles. The fourth-order valence-electron chi connectivity index (χ4n) is 2.17. The highest BCUT2D eigenvalue weighted by Crippen LogP contribution is 2.24. The number of sulfone groups is 1. The molecule has 1 aliphatic rings. The van der Waals surface area contributed by atoms with Crippen LogP contribution in [0.5, 0.6) is 0 Å². The van der Waals surface area contributed by atoms with E-state index in [1.54, 1.807) is 0 Å². The normalized spacial score (nSPS) is 19.3. The predicted molar refractivity (Wildman–Crippen MR) is 63.8 cm³/mol. The van der Waals surface area contributed by atoms with Crippen molar-refractivity contribution >= 4 is 9.84 Å². The van der Waals surface area contributed by atoms with Gasteiger partial charge in [0.1, 0.15) is 0 Å². The second kappa shape index (κ2) is 6.48. The molecule has 1 rings (SSSR count). The highest BCUT2D eigenvalue weighted by atomic mass is 32.2. The molecule has 0 spiro atoms. The first-order valence-corrected chi connectivity index (χ1v) is 7.80. The van der Waals surface area contributed by atoms with Gasteiger partial charge in [0.25, 0.3) is 0 Å². The van der Waals surface area contributed by atoms with Crippen molar-refractivity contribution in [2.75, 3.05) is 18.8 Å². The summed E-state index contributed by atoms with van der Waals surface area (Å²) in [5.41, 5.74) is 0. The smallest absolute Gasteiger partial charge is 0.153 e. The summed E-state index contributed by atoms with van der Waals surface area (Å²) >= 11 is 0. The molecular formula is C11H23NO2S. The Kier molecular flexibility index (Phi) is 5.61. The van der Waals surface area contributed by atoms with E-state index in [9.17, 15) is 8.42 Å². The van der Waals surface area contributed by atoms with Crippen molar-refractivity contribution in [3.8, 4) is 0 Å². The van der Waals surface area contributed by atoms with Gasteiger partial charge in [-0.15, -0.1) is 0 Å². The van der Waals surface area contributed by atoms with E-state index in [2.05, 4.69) is 5.32 Å². The van der Waals surface area contributed by atoms with Gasteiger partial charge in [0.15, 0.2) is 9.84 Å². The number of hydrogen-bond donors (Lipinski definition) is 1. The van der Waals surface area contributed by atoms with Crippen molar-refractivity contribution < 1.29 is 8.42 Å². The molecule has 0 unspecified atom stereocenters. The molecule has 0 aromatic heterocycles. The van der Waals surface area contributed by atoms with Crippen LogP contribution in [0, 0.1) is 0 Å². The summed E-state index contributed by atoms with van der Waals surface area (Å²) in [7, 11) is -2.80. The van der Waals surface area contributed by atoms with Crippen LogP contribution in [0.1, 0.15) is 45.4 Å². The lowest BCUT2D eigenvalue weighted by Gasteiger charge is -2.21. The standard InChI is InChI=1S/C11H23NO2S/c1-2-12-9-6-10-15(13,14)11-7-4-3-5-8-11/h11-12H,2-10H2,1H3. The summed E-state index contributed by atoms with van der Waals surface area (Å²) in [6.07, 6.45) is 5.94. The SMILES string of the molecule is CCNCCCS(=O)(=O)C1CCCCC1. The van der Waals surface area contributed by atoms with Crippen LogP contribution in [0.25, 0.3) is 0 Å². The molecule has 90 valence electrons. The lowest BCUT2D eigenvalue weighted by molar-refractivity contribution is 0.482. The minimum atomic E-state index is -2.80. The molecule has 1 fully saturated rings. The molecule has 0 aromatic rings. The van der Waals surface area contributed by atoms with E-state index in [4.69, 9.17) is 0 Å². The second-order valence-corrected chi connectivity index (χ2v) is 6.73. The zero-order valence-electron chi connectivity index (χ0n) is 9.67. The molecule has 0 atom stereocenters. The first-order valence-electron chi connectivity index (χ1n) is 6.09. The average Bonchev–Trinajstić information content (AvgIpc) is 2.26. The zero-order valence-corrected chi connectivity index (χ0v) is 10.5. The largest absolute Gasteiger partial charge is 0.317 e. The van der Waals surface area contributed by atoms with Gasteiger partial charge in [-0.05, 0) is 32.4 Å². The number of rotatable bonds is 6. The average molecular weight is 233 g/mol. The van der Waals surface area contributed by atoms with Crippen molar-refractivity contribution in [1.29, 1.82) is 0 Å². The Bertz CT molecular complexity index is 256. The molecule has 3 nitrogen and oxygen atoms in total. The first kappa shape index (κ1) is 13.0. The Morgan fingerprint density at radius 1 is 1.20 bits per heavy atom. The quantitative estimate of drug-likeness (QED) is 0.711. The van der Waals surface area contributed by atoms with E-state index in [0.29, 0.717) is 5.75 Å². The summed E-state index contributed by atoms with van der Waals surface area (Å²) in [5, 5.41) is 3.12. The van der Waals surface area contributed by atoms with Crippen LogP contribution in [0.15, 0.2) is 0 Å². The van der Waals surface area contributed by atoms with Gasteiger partial charge in [-0.1, -0.05) is 26.2 Å². The molecule has 1 N–H and O–H groups in total. The topological polar surface area (TPSA) is 46.2 Å². The molecule has 0 bridgehead atoms. The van der Waals surface area contributed by atoms with Crippen molar-refractivity contribution in [3.05, 3.63) is 0 Å². The fraction of sp³-hybridized carbons (Fsp3) is 1.00. The molecule has 0 radical (unpaired) electrons. The van der Waals surface area contributed by atoms with Gasteiger partial charge in [-0.25, -0.2) is 8.42 Å². The van der Waals surface area contributed by atoms with Crippen LogP contribution in [0.3, 0.4) is 0 Å². The number of nitrogens with one attached hydrogen (secondary N) is 1. The van der Waals surface area contributed by atoms with Crippen LogP contribution in [0.2, 0.25) is 0 Å². The maximum atomic E-state index is 11.9. The summed E-state index contributed by atoms with van der Waals surface area (Å²) < 4.78 is 23.8. The van der Waals surface area contributed by atoms with Gasteiger partial charge >= 0.3 is 0 Å². The van der Waals surface area contributed by atoms with E-state index in [-0.39, 0.29) is 5.25 Å². The third kappa shape index (κ3) is 4.51. The summed E-state index contributed by atoms with van der Waals surface area (Å²) in [5.74, 6) is 0.366. The maximum absolute atomic E-state index is 11.9. The monoisotopic (exact) mass is 233 g/mol. The minimum Gasteiger partial charge on any atom is -0.317 e. The Balaban J connectivity index is 2.30. The third-order valence-electron chi connectivity index (χ3n) is 3.09. The van der Waals surface area contributed by atoms with Crippen LogP contribution in [-0.4, -0.2) is 32.5 Å². The Labute approximate surface area is 93.6 Å². The molecule has 0 heterocycles. The van der Waals surface area contributed by atoms with Gasteiger partial charge < -0.3 is 5.32 Å². The molecule has 0 amide bonds. The predicted octanol–water partition coefficient (Wildman–Crippen LogP) is 1.73.